The standard InChI is InChI=1S/C19H25F3N2O/c1-17(2,3)13-7-9-18(10-8-13)23-15(16(25)24-18)12-5-4-6-14(11-12)19(20,21)22/h4-6,11,13,15,23H,7-10H2,1-3H3,(H,24,25). The van der Waals surface area contributed by atoms with E-state index in [2.05, 4.69) is 31.4 Å². The highest BCUT2D eigenvalue weighted by molar-refractivity contribution is 5.86. The summed E-state index contributed by atoms with van der Waals surface area (Å²) < 4.78 is 38.8. The second-order valence-electron chi connectivity index (χ2n) is 8.41. The average Bonchev–Trinajstić information content (AvgIpc) is 2.82. The molecule has 2 aliphatic rings. The summed E-state index contributed by atoms with van der Waals surface area (Å²) >= 11 is 0. The number of nitrogens with one attached hydrogen (secondary N) is 2. The second kappa shape index (κ2) is 6.01. The molecule has 1 atom stereocenters. The molecule has 1 saturated carbocycles. The summed E-state index contributed by atoms with van der Waals surface area (Å²) in [6.45, 7) is 6.67. The zero-order chi connectivity index (χ0) is 18.5. The van der Waals surface area contributed by atoms with Crippen molar-refractivity contribution in [3.8, 4) is 0 Å². The fourth-order valence-corrected chi connectivity index (χ4v) is 4.06. The summed E-state index contributed by atoms with van der Waals surface area (Å²) in [5, 5.41) is 6.31. The Balaban J connectivity index is 1.76. The summed E-state index contributed by atoms with van der Waals surface area (Å²) in [4.78, 5) is 12.4. The highest BCUT2D eigenvalue weighted by atomic mass is 19.4. The van der Waals surface area contributed by atoms with Gasteiger partial charge < -0.3 is 5.32 Å². The van der Waals surface area contributed by atoms with Gasteiger partial charge in [-0.05, 0) is 54.7 Å². The lowest BCUT2D eigenvalue weighted by molar-refractivity contribution is -0.137. The SMILES string of the molecule is CC(C)(C)C1CCC2(CC1)NC(=O)C(c1cccc(C(F)(F)F)c1)N2. The number of halogens is 3. The summed E-state index contributed by atoms with van der Waals surface area (Å²) in [6, 6.07) is 4.30. The fraction of sp³-hybridized carbons (Fsp3) is 0.632. The molecule has 0 bridgehead atoms. The second-order valence-corrected chi connectivity index (χ2v) is 8.41. The molecule has 1 aliphatic carbocycles. The summed E-state index contributed by atoms with van der Waals surface area (Å²) in [7, 11) is 0. The molecule has 6 heteroatoms. The predicted octanol–water partition coefficient (Wildman–Crippen LogP) is 4.40. The van der Waals surface area contributed by atoms with Gasteiger partial charge in [-0.3, -0.25) is 10.1 Å². The van der Waals surface area contributed by atoms with Gasteiger partial charge in [0.2, 0.25) is 5.91 Å². The van der Waals surface area contributed by atoms with E-state index in [1.165, 1.54) is 6.07 Å². The first-order valence-electron chi connectivity index (χ1n) is 8.77. The van der Waals surface area contributed by atoms with E-state index >= 15 is 0 Å². The molecule has 0 aromatic heterocycles. The van der Waals surface area contributed by atoms with Crippen molar-refractivity contribution < 1.29 is 18.0 Å². The smallest absolute Gasteiger partial charge is 0.336 e. The highest BCUT2D eigenvalue weighted by Crippen LogP contribution is 2.43. The average molecular weight is 354 g/mol. The van der Waals surface area contributed by atoms with Crippen molar-refractivity contribution in [2.45, 2.75) is 64.3 Å². The molecule has 138 valence electrons. The number of alkyl halides is 3. The van der Waals surface area contributed by atoms with Crippen molar-refractivity contribution in [3.63, 3.8) is 0 Å². The minimum Gasteiger partial charge on any atom is -0.336 e. The summed E-state index contributed by atoms with van der Waals surface area (Å²) in [6.07, 6.45) is -0.821. The number of carbonyl (C=O) groups excluding carboxylic acids is 1. The number of hydrogen-bond donors (Lipinski definition) is 2. The van der Waals surface area contributed by atoms with Crippen LogP contribution >= 0.6 is 0 Å². The van der Waals surface area contributed by atoms with E-state index in [0.29, 0.717) is 11.5 Å². The molecule has 1 spiro atoms. The molecule has 3 nitrogen and oxygen atoms in total. The Morgan fingerprint density at radius 1 is 1.12 bits per heavy atom. The quantitative estimate of drug-likeness (QED) is 0.785. The van der Waals surface area contributed by atoms with Crippen molar-refractivity contribution in [3.05, 3.63) is 35.4 Å². The molecule has 25 heavy (non-hydrogen) atoms. The zero-order valence-electron chi connectivity index (χ0n) is 14.8. The number of rotatable bonds is 1. The van der Waals surface area contributed by atoms with Crippen LogP contribution < -0.4 is 10.6 Å². The minimum absolute atomic E-state index is 0.227. The topological polar surface area (TPSA) is 41.1 Å². The molecular weight excluding hydrogens is 329 g/mol. The lowest BCUT2D eigenvalue weighted by Gasteiger charge is -2.42. The van der Waals surface area contributed by atoms with Crippen LogP contribution in [0.5, 0.6) is 0 Å². The van der Waals surface area contributed by atoms with E-state index in [1.54, 1.807) is 6.07 Å². The Morgan fingerprint density at radius 3 is 2.32 bits per heavy atom. The first-order valence-corrected chi connectivity index (χ1v) is 8.77. The van der Waals surface area contributed by atoms with Gasteiger partial charge in [0.25, 0.3) is 0 Å². The van der Waals surface area contributed by atoms with Gasteiger partial charge >= 0.3 is 6.18 Å². The molecule has 1 aromatic carbocycles. The lowest BCUT2D eigenvalue weighted by atomic mass is 9.70. The van der Waals surface area contributed by atoms with E-state index in [9.17, 15) is 18.0 Å². The van der Waals surface area contributed by atoms with Gasteiger partial charge in [-0.25, -0.2) is 0 Å². The van der Waals surface area contributed by atoms with Crippen molar-refractivity contribution in [2.24, 2.45) is 11.3 Å². The van der Waals surface area contributed by atoms with Crippen molar-refractivity contribution in [1.82, 2.24) is 10.6 Å². The highest BCUT2D eigenvalue weighted by Gasteiger charge is 2.47. The van der Waals surface area contributed by atoms with Gasteiger partial charge in [0, 0.05) is 0 Å². The van der Waals surface area contributed by atoms with Crippen LogP contribution in [0.25, 0.3) is 0 Å². The maximum absolute atomic E-state index is 12.9. The Kier molecular flexibility index (Phi) is 4.38. The van der Waals surface area contributed by atoms with Gasteiger partial charge in [0.05, 0.1) is 11.2 Å². The van der Waals surface area contributed by atoms with E-state index in [1.807, 2.05) is 0 Å². The Morgan fingerprint density at radius 2 is 1.76 bits per heavy atom. The van der Waals surface area contributed by atoms with E-state index in [0.717, 1.165) is 37.8 Å². The van der Waals surface area contributed by atoms with Crippen LogP contribution in [0.15, 0.2) is 24.3 Å². The molecule has 2 fully saturated rings. The minimum atomic E-state index is -4.41. The summed E-state index contributed by atoms with van der Waals surface area (Å²) in [5.74, 6) is 0.345. The van der Waals surface area contributed by atoms with Crippen LogP contribution in [0.2, 0.25) is 0 Å². The maximum atomic E-state index is 12.9. The molecule has 1 aliphatic heterocycles. The van der Waals surface area contributed by atoms with Gasteiger partial charge in [0.15, 0.2) is 0 Å². The van der Waals surface area contributed by atoms with Gasteiger partial charge in [-0.15, -0.1) is 0 Å². The van der Waals surface area contributed by atoms with Crippen molar-refractivity contribution >= 4 is 5.91 Å². The Hall–Kier alpha value is -1.56. The maximum Gasteiger partial charge on any atom is 0.416 e. The molecule has 2 N–H and O–H groups in total. The third-order valence-corrected chi connectivity index (χ3v) is 5.66. The zero-order valence-corrected chi connectivity index (χ0v) is 14.8. The normalized spacial score (nSPS) is 30.6. The lowest BCUT2D eigenvalue weighted by Crippen LogP contribution is -2.53. The van der Waals surface area contributed by atoms with Crippen LogP contribution in [0.4, 0.5) is 13.2 Å². The largest absolute Gasteiger partial charge is 0.416 e. The van der Waals surface area contributed by atoms with E-state index < -0.39 is 23.4 Å². The van der Waals surface area contributed by atoms with Crippen LogP contribution in [0.1, 0.15) is 63.6 Å². The third kappa shape index (κ3) is 3.68. The number of hydrogen-bond acceptors (Lipinski definition) is 2. The fourth-order valence-electron chi connectivity index (χ4n) is 4.06. The molecule has 3 rings (SSSR count). The van der Waals surface area contributed by atoms with Crippen LogP contribution in [0.3, 0.4) is 0 Å². The number of amides is 1. The van der Waals surface area contributed by atoms with Gasteiger partial charge in [0.1, 0.15) is 6.04 Å². The van der Waals surface area contributed by atoms with Crippen molar-refractivity contribution in [1.29, 1.82) is 0 Å². The van der Waals surface area contributed by atoms with E-state index in [-0.39, 0.29) is 11.3 Å². The first kappa shape index (κ1) is 18.2. The van der Waals surface area contributed by atoms with Crippen molar-refractivity contribution in [2.75, 3.05) is 0 Å². The summed E-state index contributed by atoms with van der Waals surface area (Å²) in [5.41, 5.74) is -0.623. The first-order chi connectivity index (χ1) is 11.5. The Bertz CT molecular complexity index is 655. The molecule has 1 saturated heterocycles. The molecular formula is C19H25F3N2O. The number of benzene rings is 1. The van der Waals surface area contributed by atoms with Crippen LogP contribution in [0, 0.1) is 11.3 Å². The molecule has 1 amide bonds. The Labute approximate surface area is 146 Å². The van der Waals surface area contributed by atoms with Gasteiger partial charge in [-0.2, -0.15) is 13.2 Å². The molecule has 0 radical (unpaired) electrons. The predicted molar refractivity (Wildman–Crippen MR) is 89.6 cm³/mol. The monoisotopic (exact) mass is 354 g/mol. The van der Waals surface area contributed by atoms with Crippen LogP contribution in [-0.2, 0) is 11.0 Å². The van der Waals surface area contributed by atoms with E-state index in [4.69, 9.17) is 0 Å². The molecule has 1 aromatic rings. The molecule has 1 heterocycles. The van der Waals surface area contributed by atoms with Crippen LogP contribution in [-0.4, -0.2) is 11.6 Å². The molecule has 1 unspecified atom stereocenters. The number of carbonyl (C=O) groups is 1. The van der Waals surface area contributed by atoms with Gasteiger partial charge in [-0.1, -0.05) is 32.9 Å². The third-order valence-electron chi connectivity index (χ3n) is 5.66.